The minimum Gasteiger partial charge on any atom is -0.336 e. The molecule has 0 atom stereocenters. The van der Waals surface area contributed by atoms with Crippen LogP contribution in [0.25, 0.3) is 0 Å². The zero-order valence-electron chi connectivity index (χ0n) is 15.6. The first-order chi connectivity index (χ1) is 12.5. The number of benzene rings is 2. The lowest BCUT2D eigenvalue weighted by molar-refractivity contribution is 0.102. The second-order valence-electron chi connectivity index (χ2n) is 6.58. The summed E-state index contributed by atoms with van der Waals surface area (Å²) in [5.41, 5.74) is 3.57. The average molecular weight is 353 g/mol. The molecular formula is C21H27N3O2. The fourth-order valence-corrected chi connectivity index (χ4v) is 2.52. The zero-order valence-corrected chi connectivity index (χ0v) is 15.6. The molecular weight excluding hydrogens is 326 g/mol. The molecule has 2 aromatic carbocycles. The maximum atomic E-state index is 12.3. The number of rotatable bonds is 7. The molecule has 3 amide bonds. The SMILES string of the molecule is CCCc1ccc(NC(=O)c2ccc(CNC(=O)NC(C)C)cc2)cc1. The van der Waals surface area contributed by atoms with Gasteiger partial charge in [0.25, 0.3) is 5.91 Å². The first-order valence-electron chi connectivity index (χ1n) is 9.01. The summed E-state index contributed by atoms with van der Waals surface area (Å²) in [5.74, 6) is -0.148. The van der Waals surface area contributed by atoms with Crippen LogP contribution in [0.2, 0.25) is 0 Å². The largest absolute Gasteiger partial charge is 0.336 e. The van der Waals surface area contributed by atoms with Crippen LogP contribution in [0.5, 0.6) is 0 Å². The maximum Gasteiger partial charge on any atom is 0.315 e. The highest BCUT2D eigenvalue weighted by Gasteiger charge is 2.07. The molecule has 0 aliphatic carbocycles. The Balaban J connectivity index is 1.88. The number of urea groups is 1. The first-order valence-corrected chi connectivity index (χ1v) is 9.01. The molecule has 0 spiro atoms. The maximum absolute atomic E-state index is 12.3. The van der Waals surface area contributed by atoms with Crippen LogP contribution in [0.1, 0.15) is 48.7 Å². The van der Waals surface area contributed by atoms with E-state index >= 15 is 0 Å². The molecule has 0 aromatic heterocycles. The van der Waals surface area contributed by atoms with Gasteiger partial charge in [0.1, 0.15) is 0 Å². The van der Waals surface area contributed by atoms with Crippen molar-refractivity contribution in [2.24, 2.45) is 0 Å². The van der Waals surface area contributed by atoms with E-state index < -0.39 is 0 Å². The minimum atomic E-state index is -0.201. The Morgan fingerprint density at radius 1 is 0.923 bits per heavy atom. The van der Waals surface area contributed by atoms with Crippen LogP contribution in [-0.4, -0.2) is 18.0 Å². The van der Waals surface area contributed by atoms with Gasteiger partial charge in [0.2, 0.25) is 0 Å². The molecule has 0 bridgehead atoms. The molecule has 2 aromatic rings. The monoisotopic (exact) mass is 353 g/mol. The number of anilines is 1. The van der Waals surface area contributed by atoms with Gasteiger partial charge in [-0.2, -0.15) is 0 Å². The van der Waals surface area contributed by atoms with Crippen molar-refractivity contribution in [3.63, 3.8) is 0 Å². The summed E-state index contributed by atoms with van der Waals surface area (Å²) >= 11 is 0. The molecule has 0 aliphatic rings. The van der Waals surface area contributed by atoms with Gasteiger partial charge in [0.15, 0.2) is 0 Å². The van der Waals surface area contributed by atoms with Crippen LogP contribution in [0.4, 0.5) is 10.5 Å². The van der Waals surface area contributed by atoms with Crippen molar-refractivity contribution in [3.05, 3.63) is 65.2 Å². The van der Waals surface area contributed by atoms with Gasteiger partial charge in [-0.25, -0.2) is 4.79 Å². The molecule has 3 N–H and O–H groups in total. The molecule has 0 unspecified atom stereocenters. The Kier molecular flexibility index (Phi) is 7.21. The van der Waals surface area contributed by atoms with Crippen LogP contribution < -0.4 is 16.0 Å². The molecule has 5 heteroatoms. The Hall–Kier alpha value is -2.82. The minimum absolute atomic E-state index is 0.0945. The fraction of sp³-hybridized carbons (Fsp3) is 0.333. The third kappa shape index (κ3) is 6.24. The predicted octanol–water partition coefficient (Wildman–Crippen LogP) is 4.10. The third-order valence-electron chi connectivity index (χ3n) is 3.84. The van der Waals surface area contributed by atoms with Gasteiger partial charge in [0.05, 0.1) is 0 Å². The number of amides is 3. The van der Waals surface area contributed by atoms with Crippen LogP contribution >= 0.6 is 0 Å². The number of carbonyl (C=O) groups excluding carboxylic acids is 2. The Morgan fingerprint density at radius 3 is 2.12 bits per heavy atom. The van der Waals surface area contributed by atoms with Crippen LogP contribution in [0.3, 0.4) is 0 Å². The molecule has 0 aliphatic heterocycles. The lowest BCUT2D eigenvalue weighted by atomic mass is 10.1. The molecule has 0 radical (unpaired) electrons. The highest BCUT2D eigenvalue weighted by atomic mass is 16.2. The summed E-state index contributed by atoms with van der Waals surface area (Å²) in [7, 11) is 0. The second-order valence-corrected chi connectivity index (χ2v) is 6.58. The summed E-state index contributed by atoms with van der Waals surface area (Å²) in [6, 6.07) is 15.0. The summed E-state index contributed by atoms with van der Waals surface area (Å²) in [4.78, 5) is 23.9. The van der Waals surface area contributed by atoms with Crippen molar-refractivity contribution in [2.75, 3.05) is 5.32 Å². The van der Waals surface area contributed by atoms with Gasteiger partial charge in [-0.3, -0.25) is 4.79 Å². The van der Waals surface area contributed by atoms with Gasteiger partial charge in [-0.15, -0.1) is 0 Å². The second kappa shape index (κ2) is 9.61. The van der Waals surface area contributed by atoms with E-state index in [1.165, 1.54) is 5.56 Å². The van der Waals surface area contributed by atoms with E-state index in [-0.39, 0.29) is 18.0 Å². The van der Waals surface area contributed by atoms with Crippen LogP contribution in [0, 0.1) is 0 Å². The van der Waals surface area contributed by atoms with E-state index in [4.69, 9.17) is 0 Å². The quantitative estimate of drug-likeness (QED) is 0.701. The summed E-state index contributed by atoms with van der Waals surface area (Å²) < 4.78 is 0. The topological polar surface area (TPSA) is 70.2 Å². The van der Waals surface area contributed by atoms with Crippen molar-refractivity contribution in [2.45, 2.75) is 46.2 Å². The van der Waals surface area contributed by atoms with Crippen LogP contribution in [-0.2, 0) is 13.0 Å². The van der Waals surface area contributed by atoms with E-state index in [1.807, 2.05) is 50.2 Å². The Morgan fingerprint density at radius 2 is 1.54 bits per heavy atom. The first kappa shape index (κ1) is 19.5. The molecule has 0 fully saturated rings. The van der Waals surface area contributed by atoms with Gasteiger partial charge < -0.3 is 16.0 Å². The normalized spacial score (nSPS) is 10.5. The van der Waals surface area contributed by atoms with Crippen molar-refractivity contribution in [1.82, 2.24) is 10.6 Å². The van der Waals surface area contributed by atoms with Gasteiger partial charge in [-0.05, 0) is 55.7 Å². The fourth-order valence-electron chi connectivity index (χ4n) is 2.52. The number of aryl methyl sites for hydroxylation is 1. The van der Waals surface area contributed by atoms with E-state index in [0.29, 0.717) is 12.1 Å². The van der Waals surface area contributed by atoms with E-state index in [9.17, 15) is 9.59 Å². The van der Waals surface area contributed by atoms with E-state index in [0.717, 1.165) is 24.1 Å². The lowest BCUT2D eigenvalue weighted by Gasteiger charge is -2.10. The molecule has 138 valence electrons. The van der Waals surface area contributed by atoms with Gasteiger partial charge in [0, 0.05) is 23.8 Å². The predicted molar refractivity (Wildman–Crippen MR) is 105 cm³/mol. The zero-order chi connectivity index (χ0) is 18.9. The Bertz CT molecular complexity index is 722. The van der Waals surface area contributed by atoms with Crippen LogP contribution in [0.15, 0.2) is 48.5 Å². The smallest absolute Gasteiger partial charge is 0.315 e. The molecule has 26 heavy (non-hydrogen) atoms. The number of nitrogens with one attached hydrogen (secondary N) is 3. The third-order valence-corrected chi connectivity index (χ3v) is 3.84. The Labute approximate surface area is 155 Å². The van der Waals surface area contributed by atoms with Crippen molar-refractivity contribution in [3.8, 4) is 0 Å². The number of hydrogen-bond donors (Lipinski definition) is 3. The highest BCUT2D eigenvalue weighted by Crippen LogP contribution is 2.13. The van der Waals surface area contributed by atoms with Crippen molar-refractivity contribution in [1.29, 1.82) is 0 Å². The summed E-state index contributed by atoms with van der Waals surface area (Å²) in [5, 5.41) is 8.45. The highest BCUT2D eigenvalue weighted by molar-refractivity contribution is 6.04. The van der Waals surface area contributed by atoms with E-state index in [2.05, 4.69) is 22.9 Å². The summed E-state index contributed by atoms with van der Waals surface area (Å²) in [6.45, 7) is 6.37. The number of carbonyl (C=O) groups is 2. The number of hydrogen-bond acceptors (Lipinski definition) is 2. The van der Waals surface area contributed by atoms with Crippen molar-refractivity contribution >= 4 is 17.6 Å². The van der Waals surface area contributed by atoms with Gasteiger partial charge >= 0.3 is 6.03 Å². The molecule has 5 nitrogen and oxygen atoms in total. The average Bonchev–Trinajstić information content (AvgIpc) is 2.62. The molecule has 2 rings (SSSR count). The van der Waals surface area contributed by atoms with Gasteiger partial charge in [-0.1, -0.05) is 37.6 Å². The van der Waals surface area contributed by atoms with E-state index in [1.54, 1.807) is 12.1 Å². The molecule has 0 heterocycles. The standard InChI is InChI=1S/C21H27N3O2/c1-4-5-16-8-12-19(13-9-16)24-20(25)18-10-6-17(7-11-18)14-22-21(26)23-15(2)3/h6-13,15H,4-5,14H2,1-3H3,(H,24,25)(H2,22,23,26). The summed E-state index contributed by atoms with van der Waals surface area (Å²) in [6.07, 6.45) is 2.14. The van der Waals surface area contributed by atoms with Crippen molar-refractivity contribution < 1.29 is 9.59 Å². The molecule has 0 saturated carbocycles. The molecule has 0 saturated heterocycles. The lowest BCUT2D eigenvalue weighted by Crippen LogP contribution is -2.39.